The molecule has 2 aliphatic rings. The normalized spacial score (nSPS) is 34.2. The second-order valence-electron chi connectivity index (χ2n) is 6.33. The van der Waals surface area contributed by atoms with E-state index in [0.717, 1.165) is 19.3 Å². The summed E-state index contributed by atoms with van der Waals surface area (Å²) in [5.74, 6) is 1.04. The van der Waals surface area contributed by atoms with Crippen LogP contribution in [0.15, 0.2) is 0 Å². The van der Waals surface area contributed by atoms with E-state index in [1.165, 1.54) is 38.5 Å². The lowest BCUT2D eigenvalue weighted by Gasteiger charge is -2.43. The molecule has 3 heteroatoms. The van der Waals surface area contributed by atoms with Crippen LogP contribution in [0.3, 0.4) is 0 Å². The minimum absolute atomic E-state index is 0.118. The first kappa shape index (κ1) is 13.9. The highest BCUT2D eigenvalue weighted by Crippen LogP contribution is 2.34. The quantitative estimate of drug-likeness (QED) is 0.811. The molecule has 0 saturated heterocycles. The van der Waals surface area contributed by atoms with Gasteiger partial charge in [0.1, 0.15) is 0 Å². The molecule has 2 fully saturated rings. The van der Waals surface area contributed by atoms with Gasteiger partial charge in [-0.15, -0.1) is 0 Å². The van der Waals surface area contributed by atoms with Crippen LogP contribution in [0.5, 0.6) is 0 Å². The molecule has 0 bridgehead atoms. The van der Waals surface area contributed by atoms with Crippen molar-refractivity contribution >= 4 is 5.91 Å². The van der Waals surface area contributed by atoms with E-state index in [1.54, 1.807) is 0 Å². The maximum atomic E-state index is 12.4. The van der Waals surface area contributed by atoms with Crippen LogP contribution in [0, 0.1) is 11.8 Å². The summed E-state index contributed by atoms with van der Waals surface area (Å²) < 4.78 is 0. The largest absolute Gasteiger partial charge is 0.349 e. The molecule has 2 aliphatic carbocycles. The van der Waals surface area contributed by atoms with Gasteiger partial charge in [-0.1, -0.05) is 39.0 Å². The highest BCUT2D eigenvalue weighted by molar-refractivity contribution is 5.79. The minimum Gasteiger partial charge on any atom is -0.349 e. The summed E-state index contributed by atoms with van der Waals surface area (Å²) in [4.78, 5) is 12.4. The summed E-state index contributed by atoms with van der Waals surface area (Å²) in [5, 5.41) is 3.34. The standard InChI is InChI=1S/C15H28N2O/c1-12-7-5-6-10-15(12,11-16)17-14(18)13-8-3-2-4-9-13/h12-13H,2-11,16H2,1H3,(H,17,18). The molecule has 2 unspecified atom stereocenters. The van der Waals surface area contributed by atoms with Gasteiger partial charge in [0.15, 0.2) is 0 Å². The number of amides is 1. The maximum absolute atomic E-state index is 12.4. The van der Waals surface area contributed by atoms with E-state index in [9.17, 15) is 4.79 Å². The van der Waals surface area contributed by atoms with Crippen LogP contribution in [-0.4, -0.2) is 18.0 Å². The Bertz CT molecular complexity index is 286. The Labute approximate surface area is 111 Å². The molecule has 0 radical (unpaired) electrons. The van der Waals surface area contributed by atoms with Gasteiger partial charge < -0.3 is 11.1 Å². The second kappa shape index (κ2) is 6.05. The van der Waals surface area contributed by atoms with Gasteiger partial charge in [-0.3, -0.25) is 4.79 Å². The number of hydrogen-bond donors (Lipinski definition) is 2. The zero-order chi connectivity index (χ0) is 13.0. The van der Waals surface area contributed by atoms with E-state index in [4.69, 9.17) is 5.73 Å². The average molecular weight is 252 g/mol. The van der Waals surface area contributed by atoms with E-state index >= 15 is 0 Å². The number of carbonyl (C=O) groups excluding carboxylic acids is 1. The third-order valence-corrected chi connectivity index (χ3v) is 5.17. The van der Waals surface area contributed by atoms with Gasteiger partial charge in [0.25, 0.3) is 0 Å². The zero-order valence-electron chi connectivity index (χ0n) is 11.7. The van der Waals surface area contributed by atoms with Gasteiger partial charge in [0, 0.05) is 12.5 Å². The van der Waals surface area contributed by atoms with E-state index in [1.807, 2.05) is 0 Å². The molecule has 0 aromatic rings. The van der Waals surface area contributed by atoms with E-state index in [-0.39, 0.29) is 17.4 Å². The number of nitrogens with two attached hydrogens (primary N) is 1. The summed E-state index contributed by atoms with van der Waals surface area (Å²) in [7, 11) is 0. The molecular weight excluding hydrogens is 224 g/mol. The summed E-state index contributed by atoms with van der Waals surface area (Å²) >= 11 is 0. The van der Waals surface area contributed by atoms with Crippen LogP contribution in [0.4, 0.5) is 0 Å². The minimum atomic E-state index is -0.118. The Morgan fingerprint density at radius 3 is 2.44 bits per heavy atom. The van der Waals surface area contributed by atoms with Crippen molar-refractivity contribution < 1.29 is 4.79 Å². The second-order valence-corrected chi connectivity index (χ2v) is 6.33. The van der Waals surface area contributed by atoms with Crippen LogP contribution in [-0.2, 0) is 4.79 Å². The molecule has 1 amide bonds. The lowest BCUT2D eigenvalue weighted by Crippen LogP contribution is -2.60. The van der Waals surface area contributed by atoms with E-state index in [2.05, 4.69) is 12.2 Å². The topological polar surface area (TPSA) is 55.1 Å². The van der Waals surface area contributed by atoms with Crippen molar-refractivity contribution in [2.45, 2.75) is 70.3 Å². The van der Waals surface area contributed by atoms with Gasteiger partial charge in [-0.25, -0.2) is 0 Å². The predicted molar refractivity (Wildman–Crippen MR) is 74.1 cm³/mol. The van der Waals surface area contributed by atoms with Crippen molar-refractivity contribution in [2.75, 3.05) is 6.54 Å². The summed E-state index contributed by atoms with van der Waals surface area (Å²) in [6.07, 6.45) is 10.6. The fraction of sp³-hybridized carbons (Fsp3) is 0.933. The van der Waals surface area contributed by atoms with Crippen LogP contribution in [0.2, 0.25) is 0 Å². The summed E-state index contributed by atoms with van der Waals surface area (Å²) in [6, 6.07) is 0. The van der Waals surface area contributed by atoms with Gasteiger partial charge in [-0.05, 0) is 31.6 Å². The third-order valence-electron chi connectivity index (χ3n) is 5.17. The maximum Gasteiger partial charge on any atom is 0.223 e. The molecule has 0 aromatic heterocycles. The lowest BCUT2D eigenvalue weighted by molar-refractivity contribution is -0.129. The van der Waals surface area contributed by atoms with Crippen LogP contribution in [0.25, 0.3) is 0 Å². The van der Waals surface area contributed by atoms with Crippen molar-refractivity contribution in [2.24, 2.45) is 17.6 Å². The Balaban J connectivity index is 1.98. The average Bonchev–Trinajstić information content (AvgIpc) is 2.42. The molecule has 2 saturated carbocycles. The van der Waals surface area contributed by atoms with Crippen LogP contribution in [0.1, 0.15) is 64.7 Å². The first-order chi connectivity index (χ1) is 8.68. The number of hydrogen-bond acceptors (Lipinski definition) is 2. The Morgan fingerprint density at radius 2 is 1.83 bits per heavy atom. The molecule has 18 heavy (non-hydrogen) atoms. The van der Waals surface area contributed by atoms with E-state index in [0.29, 0.717) is 12.5 Å². The molecule has 0 aromatic carbocycles. The monoisotopic (exact) mass is 252 g/mol. The summed E-state index contributed by atoms with van der Waals surface area (Å²) in [6.45, 7) is 2.83. The molecule has 2 atom stereocenters. The predicted octanol–water partition coefficient (Wildman–Crippen LogP) is 2.59. The zero-order valence-corrected chi connectivity index (χ0v) is 11.7. The Hall–Kier alpha value is -0.570. The SMILES string of the molecule is CC1CCCCC1(CN)NC(=O)C1CCCCC1. The molecular formula is C15H28N2O. The van der Waals surface area contributed by atoms with Gasteiger partial charge in [0.05, 0.1) is 5.54 Å². The number of carbonyl (C=O) groups is 1. The Kier molecular flexibility index (Phi) is 4.66. The van der Waals surface area contributed by atoms with Crippen molar-refractivity contribution in [3.05, 3.63) is 0 Å². The van der Waals surface area contributed by atoms with E-state index < -0.39 is 0 Å². The lowest BCUT2D eigenvalue weighted by atomic mass is 9.73. The first-order valence-electron chi connectivity index (χ1n) is 7.70. The number of rotatable bonds is 3. The highest BCUT2D eigenvalue weighted by Gasteiger charge is 2.39. The first-order valence-corrected chi connectivity index (χ1v) is 7.70. The molecule has 0 aliphatic heterocycles. The van der Waals surface area contributed by atoms with Gasteiger partial charge in [-0.2, -0.15) is 0 Å². The van der Waals surface area contributed by atoms with Crippen LogP contribution < -0.4 is 11.1 Å². The fourth-order valence-electron chi connectivity index (χ4n) is 3.67. The molecule has 3 N–H and O–H groups in total. The van der Waals surface area contributed by atoms with Crippen molar-refractivity contribution in [3.63, 3.8) is 0 Å². The van der Waals surface area contributed by atoms with Gasteiger partial charge in [0.2, 0.25) is 5.91 Å². The summed E-state index contributed by atoms with van der Waals surface area (Å²) in [5.41, 5.74) is 5.87. The molecule has 3 nitrogen and oxygen atoms in total. The number of nitrogens with one attached hydrogen (secondary N) is 1. The smallest absolute Gasteiger partial charge is 0.223 e. The Morgan fingerprint density at radius 1 is 1.17 bits per heavy atom. The van der Waals surface area contributed by atoms with Crippen LogP contribution >= 0.6 is 0 Å². The van der Waals surface area contributed by atoms with Crippen molar-refractivity contribution in [3.8, 4) is 0 Å². The highest BCUT2D eigenvalue weighted by atomic mass is 16.2. The molecule has 2 rings (SSSR count). The molecule has 0 spiro atoms. The van der Waals surface area contributed by atoms with Crippen molar-refractivity contribution in [1.29, 1.82) is 0 Å². The molecule has 104 valence electrons. The third kappa shape index (κ3) is 2.87. The molecule has 0 heterocycles. The van der Waals surface area contributed by atoms with Crippen molar-refractivity contribution in [1.82, 2.24) is 5.32 Å². The van der Waals surface area contributed by atoms with Gasteiger partial charge >= 0.3 is 0 Å². The fourth-order valence-corrected chi connectivity index (χ4v) is 3.67.